The fourth-order valence-electron chi connectivity index (χ4n) is 1.56. The molecule has 0 amide bonds. The Morgan fingerprint density at radius 2 is 2.23 bits per heavy atom. The van der Waals surface area contributed by atoms with Gasteiger partial charge in [0.1, 0.15) is 5.75 Å². The molecule has 0 atom stereocenters. The minimum absolute atomic E-state index is 0.184. The zero-order valence-electron chi connectivity index (χ0n) is 6.93. The Morgan fingerprint density at radius 1 is 1.46 bits per heavy atom. The predicted octanol–water partition coefficient (Wildman–Crippen LogP) is 2.71. The van der Waals surface area contributed by atoms with Crippen molar-refractivity contribution >= 4 is 27.7 Å². The fourth-order valence-corrected chi connectivity index (χ4v) is 2.29. The van der Waals surface area contributed by atoms with Gasteiger partial charge in [0, 0.05) is 29.2 Å². The van der Waals surface area contributed by atoms with Crippen molar-refractivity contribution < 1.29 is 5.11 Å². The van der Waals surface area contributed by atoms with E-state index < -0.39 is 0 Å². The lowest BCUT2D eigenvalue weighted by Crippen LogP contribution is -2.21. The SMILES string of the molecule is Oc1ccc2c(c1Cl)CCN(Br)C2. The van der Waals surface area contributed by atoms with Gasteiger partial charge in [-0.3, -0.25) is 0 Å². The summed E-state index contributed by atoms with van der Waals surface area (Å²) in [6.45, 7) is 1.77. The van der Waals surface area contributed by atoms with Crippen LogP contribution >= 0.6 is 27.7 Å². The number of phenolic OH excluding ortho intramolecular Hbond substituents is 1. The van der Waals surface area contributed by atoms with Gasteiger partial charge >= 0.3 is 0 Å². The van der Waals surface area contributed by atoms with Crippen LogP contribution in [0.15, 0.2) is 12.1 Å². The summed E-state index contributed by atoms with van der Waals surface area (Å²) in [6.07, 6.45) is 0.883. The Balaban J connectivity index is 2.47. The highest BCUT2D eigenvalue weighted by atomic mass is 79.9. The summed E-state index contributed by atoms with van der Waals surface area (Å²) in [5.41, 5.74) is 2.27. The molecule has 2 rings (SSSR count). The Bertz CT molecular complexity index is 343. The van der Waals surface area contributed by atoms with Crippen molar-refractivity contribution in [2.75, 3.05) is 6.54 Å². The van der Waals surface area contributed by atoms with Crippen LogP contribution in [0.1, 0.15) is 11.1 Å². The maximum Gasteiger partial charge on any atom is 0.134 e. The van der Waals surface area contributed by atoms with E-state index >= 15 is 0 Å². The van der Waals surface area contributed by atoms with Gasteiger partial charge in [0.05, 0.1) is 5.02 Å². The molecule has 1 aliphatic heterocycles. The van der Waals surface area contributed by atoms with Gasteiger partial charge in [0.25, 0.3) is 0 Å². The first-order valence-corrected chi connectivity index (χ1v) is 5.17. The molecule has 70 valence electrons. The molecule has 0 spiro atoms. The van der Waals surface area contributed by atoms with Crippen molar-refractivity contribution in [3.63, 3.8) is 0 Å². The largest absolute Gasteiger partial charge is 0.506 e. The van der Waals surface area contributed by atoms with Crippen LogP contribution in [-0.2, 0) is 13.0 Å². The molecule has 1 aliphatic rings. The molecule has 0 unspecified atom stereocenters. The van der Waals surface area contributed by atoms with Gasteiger partial charge in [-0.15, -0.1) is 0 Å². The zero-order valence-corrected chi connectivity index (χ0v) is 9.27. The van der Waals surface area contributed by atoms with Crippen molar-refractivity contribution in [3.05, 3.63) is 28.3 Å². The Hall–Kier alpha value is -0.250. The van der Waals surface area contributed by atoms with E-state index in [0.29, 0.717) is 5.02 Å². The Kier molecular flexibility index (Phi) is 2.49. The summed E-state index contributed by atoms with van der Waals surface area (Å²) in [5.74, 6) is 0.184. The van der Waals surface area contributed by atoms with Crippen LogP contribution in [0.25, 0.3) is 0 Å². The van der Waals surface area contributed by atoms with Crippen LogP contribution in [0.4, 0.5) is 0 Å². The van der Waals surface area contributed by atoms with Gasteiger partial charge in [0.2, 0.25) is 0 Å². The first-order chi connectivity index (χ1) is 6.18. The molecule has 13 heavy (non-hydrogen) atoms. The lowest BCUT2D eigenvalue weighted by Gasteiger charge is -2.23. The van der Waals surface area contributed by atoms with Gasteiger partial charge in [0.15, 0.2) is 0 Å². The van der Waals surface area contributed by atoms with Crippen LogP contribution < -0.4 is 0 Å². The fraction of sp³-hybridized carbons (Fsp3) is 0.333. The molecule has 0 saturated heterocycles. The first kappa shape index (κ1) is 9.31. The molecular weight excluding hydrogens is 253 g/mol. The summed E-state index contributed by atoms with van der Waals surface area (Å²) >= 11 is 9.40. The minimum Gasteiger partial charge on any atom is -0.506 e. The predicted molar refractivity (Wildman–Crippen MR) is 56.2 cm³/mol. The van der Waals surface area contributed by atoms with Gasteiger partial charge < -0.3 is 5.11 Å². The van der Waals surface area contributed by atoms with Crippen LogP contribution in [0, 0.1) is 0 Å². The number of rotatable bonds is 0. The van der Waals surface area contributed by atoms with Crippen molar-refractivity contribution in [3.8, 4) is 5.75 Å². The van der Waals surface area contributed by atoms with Crippen molar-refractivity contribution in [1.82, 2.24) is 3.93 Å². The summed E-state index contributed by atoms with van der Waals surface area (Å²) in [4.78, 5) is 0. The van der Waals surface area contributed by atoms with Gasteiger partial charge in [-0.05, 0) is 23.6 Å². The van der Waals surface area contributed by atoms with Crippen LogP contribution in [0.3, 0.4) is 0 Å². The molecule has 1 aromatic carbocycles. The standard InChI is InChI=1S/C9H9BrClNO/c10-12-4-3-7-6(5-12)1-2-8(13)9(7)11/h1-2,13H,3-5H2. The number of halogens is 2. The third kappa shape index (κ3) is 1.68. The molecule has 1 N–H and O–H groups in total. The topological polar surface area (TPSA) is 23.5 Å². The highest BCUT2D eigenvalue weighted by molar-refractivity contribution is 9.07. The Morgan fingerprint density at radius 3 is 3.00 bits per heavy atom. The average molecular weight is 263 g/mol. The van der Waals surface area contributed by atoms with Gasteiger partial charge in [-0.1, -0.05) is 17.7 Å². The number of nitrogens with zero attached hydrogens (tertiary/aromatic N) is 1. The molecule has 0 aromatic heterocycles. The lowest BCUT2D eigenvalue weighted by atomic mass is 10.0. The number of hydrogen-bond donors (Lipinski definition) is 1. The van der Waals surface area contributed by atoms with Crippen molar-refractivity contribution in [1.29, 1.82) is 0 Å². The van der Waals surface area contributed by atoms with E-state index in [1.54, 1.807) is 6.07 Å². The second-order valence-corrected chi connectivity index (χ2v) is 4.51. The van der Waals surface area contributed by atoms with E-state index in [9.17, 15) is 5.11 Å². The summed E-state index contributed by atoms with van der Waals surface area (Å²) < 4.78 is 2.06. The highest BCUT2D eigenvalue weighted by Gasteiger charge is 2.18. The van der Waals surface area contributed by atoms with Gasteiger partial charge in [-0.2, -0.15) is 0 Å². The summed E-state index contributed by atoms with van der Waals surface area (Å²) in [5, 5.41) is 9.90. The minimum atomic E-state index is 0.184. The third-order valence-corrected chi connectivity index (χ3v) is 3.29. The average Bonchev–Trinajstić information content (AvgIpc) is 2.12. The zero-order chi connectivity index (χ0) is 9.42. The van der Waals surface area contributed by atoms with E-state index in [0.717, 1.165) is 25.1 Å². The third-order valence-electron chi connectivity index (χ3n) is 2.27. The van der Waals surface area contributed by atoms with E-state index in [4.69, 9.17) is 11.6 Å². The van der Waals surface area contributed by atoms with Crippen molar-refractivity contribution in [2.45, 2.75) is 13.0 Å². The summed E-state index contributed by atoms with van der Waals surface area (Å²) in [7, 11) is 0. The first-order valence-electron chi connectivity index (χ1n) is 4.08. The number of benzene rings is 1. The molecular formula is C9H9BrClNO. The monoisotopic (exact) mass is 261 g/mol. The maximum absolute atomic E-state index is 9.38. The van der Waals surface area contributed by atoms with E-state index in [1.165, 1.54) is 5.56 Å². The molecule has 0 radical (unpaired) electrons. The molecule has 1 aromatic rings. The molecule has 0 fully saturated rings. The van der Waals surface area contributed by atoms with Gasteiger partial charge in [-0.25, -0.2) is 3.93 Å². The number of fused-ring (bicyclic) bond motifs is 1. The van der Waals surface area contributed by atoms with Crippen molar-refractivity contribution in [2.24, 2.45) is 0 Å². The smallest absolute Gasteiger partial charge is 0.134 e. The molecule has 1 heterocycles. The number of hydrogen-bond acceptors (Lipinski definition) is 2. The highest BCUT2D eigenvalue weighted by Crippen LogP contribution is 2.33. The quantitative estimate of drug-likeness (QED) is 0.727. The second-order valence-electron chi connectivity index (χ2n) is 3.13. The molecule has 0 saturated carbocycles. The maximum atomic E-state index is 9.38. The molecule has 0 aliphatic carbocycles. The van der Waals surface area contributed by atoms with E-state index in [1.807, 2.05) is 6.07 Å². The molecule has 4 heteroatoms. The van der Waals surface area contributed by atoms with E-state index in [-0.39, 0.29) is 5.75 Å². The number of phenols is 1. The summed E-state index contributed by atoms with van der Waals surface area (Å²) in [6, 6.07) is 3.57. The number of aromatic hydroxyl groups is 1. The van der Waals surface area contributed by atoms with Crippen LogP contribution in [-0.4, -0.2) is 15.6 Å². The van der Waals surface area contributed by atoms with E-state index in [2.05, 4.69) is 20.1 Å². The van der Waals surface area contributed by atoms with Crippen LogP contribution in [0.2, 0.25) is 5.02 Å². The van der Waals surface area contributed by atoms with Crippen LogP contribution in [0.5, 0.6) is 5.75 Å². The Labute approximate surface area is 90.5 Å². The molecule has 0 bridgehead atoms. The molecule has 2 nitrogen and oxygen atoms in total. The second kappa shape index (κ2) is 3.48. The lowest BCUT2D eigenvalue weighted by molar-refractivity contribution is 0.450. The normalized spacial score (nSPS) is 17.1.